The van der Waals surface area contributed by atoms with E-state index in [1.807, 2.05) is 60.7 Å². The van der Waals surface area contributed by atoms with Crippen LogP contribution in [0.4, 0.5) is 0 Å². The number of hydrogen-bond acceptors (Lipinski definition) is 3. The van der Waals surface area contributed by atoms with Gasteiger partial charge in [-0.2, -0.15) is 10.5 Å². The third kappa shape index (κ3) is 2.57. The quantitative estimate of drug-likeness (QED) is 0.523. The van der Waals surface area contributed by atoms with E-state index in [9.17, 15) is 20.4 Å². The molecule has 0 aliphatic heterocycles. The number of benzene rings is 3. The Bertz CT molecular complexity index is 1210. The zero-order valence-corrected chi connectivity index (χ0v) is 14.1. The number of aromatic carboxylic acids is 1. The zero-order valence-electron chi connectivity index (χ0n) is 14.1. The molecule has 1 aliphatic rings. The van der Waals surface area contributed by atoms with E-state index in [0.29, 0.717) is 5.57 Å². The van der Waals surface area contributed by atoms with Crippen molar-refractivity contribution in [2.24, 2.45) is 0 Å². The lowest BCUT2D eigenvalue weighted by Crippen LogP contribution is -1.96. The summed E-state index contributed by atoms with van der Waals surface area (Å²) in [5, 5.41) is 28.1. The van der Waals surface area contributed by atoms with Crippen LogP contribution < -0.4 is 0 Å². The van der Waals surface area contributed by atoms with E-state index in [4.69, 9.17) is 0 Å². The molecule has 0 saturated heterocycles. The number of nitrogens with zero attached hydrogens (tertiary/aromatic N) is 2. The summed E-state index contributed by atoms with van der Waals surface area (Å²) in [7, 11) is 0. The number of rotatable bonds is 2. The second-order valence-corrected chi connectivity index (χ2v) is 6.17. The summed E-state index contributed by atoms with van der Waals surface area (Å²) in [5.74, 6) is -0.984. The molecule has 27 heavy (non-hydrogen) atoms. The van der Waals surface area contributed by atoms with Gasteiger partial charge in [0, 0.05) is 5.57 Å². The van der Waals surface area contributed by atoms with E-state index >= 15 is 0 Å². The standard InChI is InChI=1S/C23H12N2O2/c24-12-17(13-25)22-20-7-2-1-6-18(20)19-9-8-15(11-21(19)22)14-4-3-5-16(10-14)23(26)27/h1-11H,(H,26,27). The Morgan fingerprint density at radius 2 is 1.41 bits per heavy atom. The first-order valence-electron chi connectivity index (χ1n) is 8.26. The summed E-state index contributed by atoms with van der Waals surface area (Å²) in [5.41, 5.74) is 6.12. The van der Waals surface area contributed by atoms with Crippen LogP contribution in [0.3, 0.4) is 0 Å². The van der Waals surface area contributed by atoms with Gasteiger partial charge in [0.05, 0.1) is 5.56 Å². The van der Waals surface area contributed by atoms with Crippen LogP contribution in [0.25, 0.3) is 27.8 Å². The molecule has 4 rings (SSSR count). The molecule has 0 aromatic heterocycles. The molecule has 3 aromatic carbocycles. The maximum absolute atomic E-state index is 11.3. The maximum Gasteiger partial charge on any atom is 0.335 e. The zero-order chi connectivity index (χ0) is 19.0. The van der Waals surface area contributed by atoms with Crippen molar-refractivity contribution in [3.63, 3.8) is 0 Å². The number of carbonyl (C=O) groups is 1. The number of fused-ring (bicyclic) bond motifs is 3. The number of allylic oxidation sites excluding steroid dienone is 1. The normalized spacial score (nSPS) is 11.1. The van der Waals surface area contributed by atoms with E-state index in [-0.39, 0.29) is 11.1 Å². The van der Waals surface area contributed by atoms with Crippen molar-refractivity contribution in [1.29, 1.82) is 10.5 Å². The minimum Gasteiger partial charge on any atom is -0.478 e. The third-order valence-electron chi connectivity index (χ3n) is 4.69. The molecule has 1 N–H and O–H groups in total. The van der Waals surface area contributed by atoms with Crippen molar-refractivity contribution >= 4 is 11.5 Å². The molecule has 4 heteroatoms. The summed E-state index contributed by atoms with van der Waals surface area (Å²) >= 11 is 0. The largest absolute Gasteiger partial charge is 0.478 e. The lowest BCUT2D eigenvalue weighted by molar-refractivity contribution is 0.0697. The number of carboxylic acids is 1. The molecule has 0 heterocycles. The van der Waals surface area contributed by atoms with Gasteiger partial charge in [-0.15, -0.1) is 0 Å². The highest BCUT2D eigenvalue weighted by Crippen LogP contribution is 2.46. The Balaban J connectivity index is 1.97. The van der Waals surface area contributed by atoms with Crippen LogP contribution >= 0.6 is 0 Å². The van der Waals surface area contributed by atoms with Gasteiger partial charge in [-0.1, -0.05) is 48.5 Å². The van der Waals surface area contributed by atoms with Crippen LogP contribution in [0, 0.1) is 22.7 Å². The minimum atomic E-state index is -0.984. The molecule has 0 unspecified atom stereocenters. The molecule has 0 saturated carbocycles. The Kier molecular flexibility index (Phi) is 3.81. The highest BCUT2D eigenvalue weighted by atomic mass is 16.4. The van der Waals surface area contributed by atoms with Crippen LogP contribution in [0.2, 0.25) is 0 Å². The highest BCUT2D eigenvalue weighted by molar-refractivity contribution is 6.05. The van der Waals surface area contributed by atoms with Gasteiger partial charge in [0.15, 0.2) is 0 Å². The van der Waals surface area contributed by atoms with Gasteiger partial charge in [-0.25, -0.2) is 4.79 Å². The van der Waals surface area contributed by atoms with Gasteiger partial charge in [0.1, 0.15) is 17.7 Å². The third-order valence-corrected chi connectivity index (χ3v) is 4.69. The van der Waals surface area contributed by atoms with Gasteiger partial charge in [-0.05, 0) is 51.6 Å². The monoisotopic (exact) mass is 348 g/mol. The second-order valence-electron chi connectivity index (χ2n) is 6.17. The predicted molar refractivity (Wildman–Crippen MR) is 102 cm³/mol. The molecule has 0 atom stereocenters. The second kappa shape index (κ2) is 6.29. The summed E-state index contributed by atoms with van der Waals surface area (Å²) in [6.45, 7) is 0. The molecule has 4 nitrogen and oxygen atoms in total. The number of hydrogen-bond donors (Lipinski definition) is 1. The van der Waals surface area contributed by atoms with Crippen molar-refractivity contribution in [2.75, 3.05) is 0 Å². The Morgan fingerprint density at radius 3 is 2.11 bits per heavy atom. The number of nitriles is 2. The van der Waals surface area contributed by atoms with Crippen molar-refractivity contribution in [2.45, 2.75) is 0 Å². The first kappa shape index (κ1) is 16.3. The molecule has 1 aliphatic carbocycles. The summed E-state index contributed by atoms with van der Waals surface area (Å²) in [6.07, 6.45) is 0. The molecule has 0 amide bonds. The minimum absolute atomic E-state index is 0.0673. The van der Waals surface area contributed by atoms with Crippen molar-refractivity contribution < 1.29 is 9.90 Å². The summed E-state index contributed by atoms with van der Waals surface area (Å²) in [6, 6.07) is 24.2. The smallest absolute Gasteiger partial charge is 0.335 e. The van der Waals surface area contributed by atoms with Crippen LogP contribution in [-0.2, 0) is 0 Å². The van der Waals surface area contributed by atoms with Crippen molar-refractivity contribution in [1.82, 2.24) is 0 Å². The van der Waals surface area contributed by atoms with Gasteiger partial charge in [0.25, 0.3) is 0 Å². The highest BCUT2D eigenvalue weighted by Gasteiger charge is 2.26. The molecule has 0 fully saturated rings. The lowest BCUT2D eigenvalue weighted by Gasteiger charge is -2.08. The summed E-state index contributed by atoms with van der Waals surface area (Å²) < 4.78 is 0. The molecule has 0 radical (unpaired) electrons. The van der Waals surface area contributed by atoms with Crippen molar-refractivity contribution in [3.8, 4) is 34.4 Å². The van der Waals surface area contributed by atoms with Crippen molar-refractivity contribution in [3.05, 3.63) is 89.0 Å². The lowest BCUT2D eigenvalue weighted by atomic mass is 9.95. The van der Waals surface area contributed by atoms with Gasteiger partial charge >= 0.3 is 5.97 Å². The molecule has 3 aromatic rings. The fourth-order valence-corrected chi connectivity index (χ4v) is 3.48. The number of carboxylic acid groups (broad SMARTS) is 1. The van der Waals surface area contributed by atoms with E-state index in [2.05, 4.69) is 0 Å². The Labute approximate surface area is 155 Å². The molecule has 0 bridgehead atoms. The molecule has 0 spiro atoms. The van der Waals surface area contributed by atoms with Crippen LogP contribution in [-0.4, -0.2) is 11.1 Å². The van der Waals surface area contributed by atoms with E-state index < -0.39 is 5.97 Å². The first-order valence-corrected chi connectivity index (χ1v) is 8.26. The van der Waals surface area contributed by atoms with E-state index in [0.717, 1.165) is 33.4 Å². The van der Waals surface area contributed by atoms with E-state index in [1.165, 1.54) is 0 Å². The molecule has 126 valence electrons. The van der Waals surface area contributed by atoms with Crippen LogP contribution in [0.15, 0.2) is 72.3 Å². The summed E-state index contributed by atoms with van der Waals surface area (Å²) in [4.78, 5) is 11.3. The molecular formula is C23H12N2O2. The Hall–Kier alpha value is -4.15. The van der Waals surface area contributed by atoms with Gasteiger partial charge in [-0.3, -0.25) is 0 Å². The van der Waals surface area contributed by atoms with E-state index in [1.54, 1.807) is 18.2 Å². The fourth-order valence-electron chi connectivity index (χ4n) is 3.48. The van der Waals surface area contributed by atoms with Crippen LogP contribution in [0.1, 0.15) is 21.5 Å². The predicted octanol–water partition coefficient (Wildman–Crippen LogP) is 4.88. The average molecular weight is 348 g/mol. The maximum atomic E-state index is 11.3. The van der Waals surface area contributed by atoms with Gasteiger partial charge < -0.3 is 5.11 Å². The van der Waals surface area contributed by atoms with Crippen LogP contribution in [0.5, 0.6) is 0 Å². The average Bonchev–Trinajstić information content (AvgIpc) is 3.03. The fraction of sp³-hybridized carbons (Fsp3) is 0. The van der Waals surface area contributed by atoms with Gasteiger partial charge in [0.2, 0.25) is 0 Å². The molecular weight excluding hydrogens is 336 g/mol. The SMILES string of the molecule is N#CC(C#N)=C1c2ccccc2-c2ccc(-c3cccc(C(=O)O)c3)cc21. The first-order chi connectivity index (χ1) is 13.1. The topological polar surface area (TPSA) is 84.9 Å². The Morgan fingerprint density at radius 1 is 0.741 bits per heavy atom.